The highest BCUT2D eigenvalue weighted by atomic mass is 19.1. The Morgan fingerprint density at radius 3 is 2.80 bits per heavy atom. The van der Waals surface area contributed by atoms with Crippen LogP contribution in [0, 0.1) is 12.7 Å². The zero-order valence-electron chi connectivity index (χ0n) is 12.0. The van der Waals surface area contributed by atoms with E-state index in [4.69, 9.17) is 9.84 Å². The van der Waals surface area contributed by atoms with Crippen LogP contribution in [0.4, 0.5) is 14.9 Å². The van der Waals surface area contributed by atoms with Crippen molar-refractivity contribution >= 4 is 11.7 Å². The topological polar surface area (TPSA) is 70.6 Å². The maximum atomic E-state index is 13.4. The smallest absolute Gasteiger partial charge is 0.319 e. The van der Waals surface area contributed by atoms with Crippen molar-refractivity contribution in [1.29, 1.82) is 0 Å². The molecule has 6 heteroatoms. The van der Waals surface area contributed by atoms with Crippen molar-refractivity contribution in [2.75, 3.05) is 25.6 Å². The standard InChI is InChI=1S/C14H21FN2O3/c1-10-11(15)5-4-6-12(10)16-13(19)17-14(2,7-8-18)9-20-3/h4-6,18H,7-9H2,1-3H3,(H2,16,17,19)/t14-/m1/s1. The maximum Gasteiger partial charge on any atom is 0.319 e. The van der Waals surface area contributed by atoms with Gasteiger partial charge < -0.3 is 20.5 Å². The van der Waals surface area contributed by atoms with Crippen LogP contribution in [0.2, 0.25) is 0 Å². The quantitative estimate of drug-likeness (QED) is 0.748. The predicted octanol–water partition coefficient (Wildman–Crippen LogP) is 2.04. The largest absolute Gasteiger partial charge is 0.396 e. The lowest BCUT2D eigenvalue weighted by atomic mass is 10.00. The number of amides is 2. The molecule has 5 nitrogen and oxygen atoms in total. The molecule has 112 valence electrons. The molecule has 0 saturated heterocycles. The SMILES string of the molecule is COC[C@@](C)(CCO)NC(=O)Nc1cccc(F)c1C. The number of benzene rings is 1. The van der Waals surface area contributed by atoms with Gasteiger partial charge in [0.15, 0.2) is 0 Å². The number of hydrogen-bond donors (Lipinski definition) is 3. The van der Waals surface area contributed by atoms with Crippen molar-refractivity contribution in [2.45, 2.75) is 25.8 Å². The van der Waals surface area contributed by atoms with Crippen LogP contribution in [0.1, 0.15) is 18.9 Å². The fraction of sp³-hybridized carbons (Fsp3) is 0.500. The van der Waals surface area contributed by atoms with Gasteiger partial charge in [-0.15, -0.1) is 0 Å². The Balaban J connectivity index is 2.73. The van der Waals surface area contributed by atoms with Crippen molar-refractivity contribution in [3.05, 3.63) is 29.6 Å². The minimum atomic E-state index is -0.686. The molecular weight excluding hydrogens is 263 g/mol. The molecule has 1 aromatic rings. The van der Waals surface area contributed by atoms with E-state index >= 15 is 0 Å². The number of halogens is 1. The molecule has 0 radical (unpaired) electrons. The third kappa shape index (κ3) is 4.47. The number of ether oxygens (including phenoxy) is 1. The number of rotatable bonds is 6. The van der Waals surface area contributed by atoms with Crippen molar-refractivity contribution in [1.82, 2.24) is 5.32 Å². The third-order valence-electron chi connectivity index (χ3n) is 3.06. The van der Waals surface area contributed by atoms with E-state index in [-0.39, 0.29) is 19.0 Å². The Kier molecular flexibility index (Phi) is 5.91. The molecule has 2 amide bonds. The summed E-state index contributed by atoms with van der Waals surface area (Å²) in [5.41, 5.74) is 0.0963. The second-order valence-electron chi connectivity index (χ2n) is 4.96. The Labute approximate surface area is 118 Å². The molecule has 0 aliphatic heterocycles. The third-order valence-corrected chi connectivity index (χ3v) is 3.06. The number of methoxy groups -OCH3 is 1. The van der Waals surface area contributed by atoms with Gasteiger partial charge in [-0.2, -0.15) is 0 Å². The average Bonchev–Trinajstić information content (AvgIpc) is 2.35. The average molecular weight is 284 g/mol. The molecule has 0 saturated carbocycles. The van der Waals surface area contributed by atoms with Crippen LogP contribution < -0.4 is 10.6 Å². The second-order valence-corrected chi connectivity index (χ2v) is 4.96. The predicted molar refractivity (Wildman–Crippen MR) is 75.3 cm³/mol. The number of aliphatic hydroxyl groups is 1. The van der Waals surface area contributed by atoms with Crippen LogP contribution in [0.15, 0.2) is 18.2 Å². The van der Waals surface area contributed by atoms with E-state index in [1.807, 2.05) is 0 Å². The summed E-state index contributed by atoms with van der Waals surface area (Å²) < 4.78 is 18.4. The molecule has 0 heterocycles. The molecule has 0 fully saturated rings. The molecule has 0 aliphatic carbocycles. The molecule has 3 N–H and O–H groups in total. The molecule has 0 aromatic heterocycles. The summed E-state index contributed by atoms with van der Waals surface area (Å²) in [7, 11) is 1.52. The Morgan fingerprint density at radius 2 is 2.20 bits per heavy atom. The summed E-state index contributed by atoms with van der Waals surface area (Å²) in [6.45, 7) is 3.56. The first-order valence-corrected chi connectivity index (χ1v) is 6.36. The van der Waals surface area contributed by atoms with E-state index in [2.05, 4.69) is 10.6 Å². The highest BCUT2D eigenvalue weighted by molar-refractivity contribution is 5.90. The molecule has 1 rings (SSSR count). The zero-order chi connectivity index (χ0) is 15.2. The van der Waals surface area contributed by atoms with Crippen LogP contribution in [0.3, 0.4) is 0 Å². The molecule has 0 bridgehead atoms. The summed E-state index contributed by atoms with van der Waals surface area (Å²) in [6.07, 6.45) is 0.358. The molecule has 0 spiro atoms. The number of nitrogens with one attached hydrogen (secondary N) is 2. The van der Waals surface area contributed by atoms with Gasteiger partial charge in [0.1, 0.15) is 5.82 Å². The highest BCUT2D eigenvalue weighted by Crippen LogP contribution is 2.18. The Hall–Kier alpha value is -1.66. The van der Waals surface area contributed by atoms with Gasteiger partial charge in [-0.05, 0) is 32.4 Å². The van der Waals surface area contributed by atoms with E-state index in [0.717, 1.165) is 0 Å². The summed E-state index contributed by atoms with van der Waals surface area (Å²) in [4.78, 5) is 12.0. The van der Waals surface area contributed by atoms with Crippen molar-refractivity contribution in [3.63, 3.8) is 0 Å². The zero-order valence-corrected chi connectivity index (χ0v) is 12.0. The molecule has 0 unspecified atom stereocenters. The first kappa shape index (κ1) is 16.4. The van der Waals surface area contributed by atoms with Gasteiger partial charge in [0.05, 0.1) is 12.1 Å². The molecule has 1 atom stereocenters. The van der Waals surface area contributed by atoms with Gasteiger partial charge in [-0.1, -0.05) is 6.07 Å². The van der Waals surface area contributed by atoms with Gasteiger partial charge >= 0.3 is 6.03 Å². The number of carbonyl (C=O) groups excluding carboxylic acids is 1. The van der Waals surface area contributed by atoms with Gasteiger partial charge in [-0.3, -0.25) is 0 Å². The Morgan fingerprint density at radius 1 is 1.50 bits per heavy atom. The number of urea groups is 1. The van der Waals surface area contributed by atoms with Gasteiger partial charge in [0.25, 0.3) is 0 Å². The van der Waals surface area contributed by atoms with Crippen LogP contribution >= 0.6 is 0 Å². The lowest BCUT2D eigenvalue weighted by molar-refractivity contribution is 0.104. The van der Waals surface area contributed by atoms with Crippen LogP contribution in [0.5, 0.6) is 0 Å². The first-order chi connectivity index (χ1) is 9.41. The lowest BCUT2D eigenvalue weighted by Crippen LogP contribution is -2.51. The number of aliphatic hydroxyl groups excluding tert-OH is 1. The summed E-state index contributed by atoms with van der Waals surface area (Å²) >= 11 is 0. The molecular formula is C14H21FN2O3. The highest BCUT2D eigenvalue weighted by Gasteiger charge is 2.26. The number of anilines is 1. The van der Waals surface area contributed by atoms with Gasteiger partial charge in [-0.25, -0.2) is 9.18 Å². The van der Waals surface area contributed by atoms with Crippen molar-refractivity contribution in [2.24, 2.45) is 0 Å². The van der Waals surface area contributed by atoms with Crippen molar-refractivity contribution in [3.8, 4) is 0 Å². The van der Waals surface area contributed by atoms with E-state index in [1.165, 1.54) is 19.2 Å². The van der Waals surface area contributed by atoms with E-state index in [9.17, 15) is 9.18 Å². The second kappa shape index (κ2) is 7.21. The maximum absolute atomic E-state index is 13.4. The van der Waals surface area contributed by atoms with Crippen molar-refractivity contribution < 1.29 is 19.0 Å². The summed E-state index contributed by atoms with van der Waals surface area (Å²) in [5, 5.41) is 14.4. The number of hydrogen-bond acceptors (Lipinski definition) is 3. The van der Waals surface area contributed by atoms with Gasteiger partial charge in [0.2, 0.25) is 0 Å². The van der Waals surface area contributed by atoms with Crippen LogP contribution in [-0.4, -0.2) is 37.0 Å². The Bertz CT molecular complexity index is 460. The molecule has 20 heavy (non-hydrogen) atoms. The summed E-state index contributed by atoms with van der Waals surface area (Å²) in [5.74, 6) is -0.377. The number of carbonyl (C=O) groups is 1. The monoisotopic (exact) mass is 284 g/mol. The summed E-state index contributed by atoms with van der Waals surface area (Å²) in [6, 6.07) is 4.02. The minimum Gasteiger partial charge on any atom is -0.396 e. The normalized spacial score (nSPS) is 13.7. The fourth-order valence-corrected chi connectivity index (χ4v) is 1.91. The van der Waals surface area contributed by atoms with E-state index in [1.54, 1.807) is 19.9 Å². The minimum absolute atomic E-state index is 0.0703. The van der Waals surface area contributed by atoms with Gasteiger partial charge in [0, 0.05) is 25.0 Å². The van der Waals surface area contributed by atoms with E-state index < -0.39 is 11.6 Å². The first-order valence-electron chi connectivity index (χ1n) is 6.36. The fourth-order valence-electron chi connectivity index (χ4n) is 1.91. The van der Waals surface area contributed by atoms with Crippen LogP contribution in [-0.2, 0) is 4.74 Å². The van der Waals surface area contributed by atoms with E-state index in [0.29, 0.717) is 17.7 Å². The van der Waals surface area contributed by atoms with Crippen LogP contribution in [0.25, 0.3) is 0 Å². The molecule has 0 aliphatic rings. The lowest BCUT2D eigenvalue weighted by Gasteiger charge is -2.29. The molecule has 1 aromatic carbocycles.